The van der Waals surface area contributed by atoms with Crippen molar-refractivity contribution in [3.05, 3.63) is 77.2 Å². The molecule has 0 fully saturated rings. The van der Waals surface area contributed by atoms with Gasteiger partial charge in [0, 0.05) is 48.3 Å². The van der Waals surface area contributed by atoms with Gasteiger partial charge in [0.1, 0.15) is 6.33 Å². The van der Waals surface area contributed by atoms with Crippen LogP contribution in [0.4, 0.5) is 22.0 Å². The first-order valence-corrected chi connectivity index (χ1v) is 14.1. The Labute approximate surface area is 229 Å². The molecule has 2 atom stereocenters. The molecule has 2 aromatic rings. The van der Waals surface area contributed by atoms with E-state index >= 15 is 0 Å². The van der Waals surface area contributed by atoms with E-state index in [-0.39, 0.29) is 47.6 Å². The van der Waals surface area contributed by atoms with Gasteiger partial charge in [-0.15, -0.1) is 0 Å². The summed E-state index contributed by atoms with van der Waals surface area (Å²) < 4.78 is 71.0. The number of pyridine rings is 1. The number of carbonyl (C=O) groups excluding carboxylic acids is 2. The first-order valence-electron chi connectivity index (χ1n) is 12.1. The number of rotatable bonds is 8. The maximum absolute atomic E-state index is 14.9. The number of nitrogens with zero attached hydrogens (tertiary/aromatic N) is 3. The second-order valence-corrected chi connectivity index (χ2v) is 11.3. The van der Waals surface area contributed by atoms with Crippen molar-refractivity contribution in [1.82, 2.24) is 25.6 Å². The Hall–Kier alpha value is -3.74. The third-order valence-corrected chi connectivity index (χ3v) is 7.46. The van der Waals surface area contributed by atoms with Crippen LogP contribution in [-0.2, 0) is 9.59 Å². The summed E-state index contributed by atoms with van der Waals surface area (Å²) in [6.07, 6.45) is 1.73. The topological polar surface area (TPSA) is 96.9 Å². The van der Waals surface area contributed by atoms with E-state index in [1.807, 2.05) is 0 Å². The number of halogens is 5. The van der Waals surface area contributed by atoms with Gasteiger partial charge in [-0.2, -0.15) is 23.7 Å². The molecule has 0 saturated carbocycles. The number of amides is 2. The number of hydrogen-bond acceptors (Lipinski definition) is 5. The Kier molecular flexibility index (Phi) is 8.62. The molecule has 2 aromatic heterocycles. The lowest BCUT2D eigenvalue weighted by atomic mass is 9.73. The van der Waals surface area contributed by atoms with Crippen molar-refractivity contribution >= 4 is 39.3 Å². The minimum atomic E-state index is -4.91. The molecule has 2 N–H and O–H groups in total. The molecular formula is C27H26F5N5O2S. The van der Waals surface area contributed by atoms with Crippen LogP contribution in [0.25, 0.3) is 11.1 Å². The first kappa shape index (κ1) is 29.2. The van der Waals surface area contributed by atoms with E-state index in [4.69, 9.17) is 0 Å². The molecule has 0 radical (unpaired) electrons. The zero-order chi connectivity index (χ0) is 29.1. The normalized spacial score (nSPS) is 20.5. The fourth-order valence-electron chi connectivity index (χ4n) is 4.67. The molecule has 0 bridgehead atoms. The maximum atomic E-state index is 14.9. The van der Waals surface area contributed by atoms with Crippen LogP contribution < -0.4 is 10.6 Å². The predicted molar refractivity (Wildman–Crippen MR) is 143 cm³/mol. The van der Waals surface area contributed by atoms with Crippen LogP contribution in [0.5, 0.6) is 0 Å². The van der Waals surface area contributed by atoms with E-state index in [1.165, 1.54) is 18.5 Å². The standard InChI is InChI=1S/C27H26F5N5O2S/c1-40(2)14-23(38)36-13-21-20(22-8-5-17(12-35-22)24(28)29)9-26(27(30,31)32,37-25(21)39)19-6-3-16(4-7-19)18-10-33-15-34-11-18/h3,5-6,8,10-12,15,24H,1,4,7,9,13-14H2,2H3,(H,36,38)(H,37,39)/t26-,40?/m0/s1. The SMILES string of the molecule is C=S(C)CC(=O)NCC1=C(c2ccc(C(F)F)cn2)C[C@](C2=CC=C(c3cncnc3)CC2)(C(F)(F)F)NC1=O. The lowest BCUT2D eigenvalue weighted by molar-refractivity contribution is -0.187. The summed E-state index contributed by atoms with van der Waals surface area (Å²) in [4.78, 5) is 37.4. The van der Waals surface area contributed by atoms with Crippen molar-refractivity contribution in [2.45, 2.75) is 37.4 Å². The van der Waals surface area contributed by atoms with Gasteiger partial charge in [-0.05, 0) is 47.9 Å². The number of carbonyl (C=O) groups is 2. The van der Waals surface area contributed by atoms with Crippen LogP contribution in [0, 0.1) is 0 Å². The van der Waals surface area contributed by atoms with E-state index in [9.17, 15) is 31.5 Å². The van der Waals surface area contributed by atoms with Gasteiger partial charge in [-0.25, -0.2) is 18.7 Å². The predicted octanol–water partition coefficient (Wildman–Crippen LogP) is 4.63. The van der Waals surface area contributed by atoms with Crippen molar-refractivity contribution in [2.24, 2.45) is 0 Å². The van der Waals surface area contributed by atoms with Gasteiger partial charge in [0.2, 0.25) is 11.8 Å². The van der Waals surface area contributed by atoms with Crippen LogP contribution in [0.1, 0.15) is 42.5 Å². The molecule has 1 unspecified atom stereocenters. The molecular weight excluding hydrogens is 553 g/mol. The van der Waals surface area contributed by atoms with E-state index < -0.39 is 52.4 Å². The molecule has 0 saturated heterocycles. The molecule has 2 aliphatic rings. The summed E-state index contributed by atoms with van der Waals surface area (Å²) in [6, 6.07) is 2.22. The van der Waals surface area contributed by atoms with Crippen molar-refractivity contribution in [3.63, 3.8) is 0 Å². The molecule has 40 heavy (non-hydrogen) atoms. The minimum Gasteiger partial charge on any atom is -0.351 e. The van der Waals surface area contributed by atoms with Crippen molar-refractivity contribution in [3.8, 4) is 0 Å². The Bertz CT molecular complexity index is 1400. The molecule has 0 spiro atoms. The highest BCUT2D eigenvalue weighted by atomic mass is 32.2. The molecule has 212 valence electrons. The van der Waals surface area contributed by atoms with Gasteiger partial charge >= 0.3 is 6.18 Å². The third kappa shape index (κ3) is 6.19. The summed E-state index contributed by atoms with van der Waals surface area (Å²) in [5.41, 5.74) is -2.10. The van der Waals surface area contributed by atoms with E-state index in [0.29, 0.717) is 5.56 Å². The van der Waals surface area contributed by atoms with Crippen molar-refractivity contribution in [1.29, 1.82) is 0 Å². The monoisotopic (exact) mass is 579 g/mol. The highest BCUT2D eigenvalue weighted by Gasteiger charge is 2.60. The molecule has 13 heteroatoms. The summed E-state index contributed by atoms with van der Waals surface area (Å²) in [6.45, 7) is -0.361. The molecule has 3 heterocycles. The third-order valence-electron chi connectivity index (χ3n) is 6.71. The lowest BCUT2D eigenvalue weighted by Crippen LogP contribution is -2.63. The molecule has 2 amide bonds. The zero-order valence-electron chi connectivity index (χ0n) is 21.4. The summed E-state index contributed by atoms with van der Waals surface area (Å²) in [7, 11) is -0.489. The minimum absolute atomic E-state index is 0.0140. The van der Waals surface area contributed by atoms with E-state index in [1.54, 1.807) is 24.7 Å². The first-order chi connectivity index (χ1) is 18.9. The Morgan fingerprint density at radius 3 is 2.45 bits per heavy atom. The number of aromatic nitrogens is 3. The highest BCUT2D eigenvalue weighted by molar-refractivity contribution is 8.14. The van der Waals surface area contributed by atoms with Crippen LogP contribution in [0.2, 0.25) is 0 Å². The smallest absolute Gasteiger partial charge is 0.351 e. The average Bonchev–Trinajstić information content (AvgIpc) is 2.91. The quantitative estimate of drug-likeness (QED) is 0.351. The van der Waals surface area contributed by atoms with Gasteiger partial charge in [0.15, 0.2) is 5.54 Å². The van der Waals surface area contributed by atoms with Gasteiger partial charge < -0.3 is 10.6 Å². The molecule has 1 aliphatic carbocycles. The highest BCUT2D eigenvalue weighted by Crippen LogP contribution is 2.48. The van der Waals surface area contributed by atoms with Crippen LogP contribution in [0.3, 0.4) is 0 Å². The summed E-state index contributed by atoms with van der Waals surface area (Å²) >= 11 is 0. The Morgan fingerprint density at radius 2 is 1.90 bits per heavy atom. The fraction of sp³-hybridized carbons (Fsp3) is 0.333. The molecule has 0 aromatic carbocycles. The number of hydrogen-bond donors (Lipinski definition) is 2. The van der Waals surface area contributed by atoms with E-state index in [2.05, 4.69) is 31.5 Å². The summed E-state index contributed by atoms with van der Waals surface area (Å²) in [5, 5.41) is 4.74. The van der Waals surface area contributed by atoms with Gasteiger partial charge in [0.25, 0.3) is 6.43 Å². The largest absolute Gasteiger partial charge is 0.415 e. The van der Waals surface area contributed by atoms with Gasteiger partial charge in [-0.3, -0.25) is 14.6 Å². The second-order valence-electron chi connectivity index (χ2n) is 9.48. The Balaban J connectivity index is 1.78. The van der Waals surface area contributed by atoms with Gasteiger partial charge in [0.05, 0.1) is 11.4 Å². The van der Waals surface area contributed by atoms with Gasteiger partial charge in [-0.1, -0.05) is 18.0 Å². The van der Waals surface area contributed by atoms with Crippen LogP contribution in [0.15, 0.2) is 60.3 Å². The lowest BCUT2D eigenvalue weighted by Gasteiger charge is -2.43. The molecule has 4 rings (SSSR count). The van der Waals surface area contributed by atoms with Crippen molar-refractivity contribution in [2.75, 3.05) is 18.6 Å². The zero-order valence-corrected chi connectivity index (χ0v) is 22.2. The summed E-state index contributed by atoms with van der Waals surface area (Å²) in [5.74, 6) is 2.38. The Morgan fingerprint density at radius 1 is 1.18 bits per heavy atom. The maximum Gasteiger partial charge on any atom is 0.415 e. The molecule has 1 aliphatic heterocycles. The van der Waals surface area contributed by atoms with Crippen LogP contribution in [-0.4, -0.2) is 62.9 Å². The molecule has 7 nitrogen and oxygen atoms in total. The average molecular weight is 580 g/mol. The number of allylic oxidation sites excluding steroid dienone is 3. The second kappa shape index (κ2) is 11.8. The van der Waals surface area contributed by atoms with E-state index in [0.717, 1.165) is 17.8 Å². The van der Waals surface area contributed by atoms with Crippen molar-refractivity contribution < 1.29 is 31.5 Å². The van der Waals surface area contributed by atoms with Crippen LogP contribution >= 0.6 is 10.5 Å². The fourth-order valence-corrected chi connectivity index (χ4v) is 5.22. The number of nitrogens with one attached hydrogen (secondary N) is 2. The number of alkyl halides is 5.